The SMILES string of the molecule is COC(=O)C(N)CCSCC(=O)NC1CCCCC1. The molecule has 0 radical (unpaired) electrons. The largest absolute Gasteiger partial charge is 0.468 e. The summed E-state index contributed by atoms with van der Waals surface area (Å²) in [5, 5.41) is 3.06. The fraction of sp³-hybridized carbons (Fsp3) is 0.846. The predicted molar refractivity (Wildman–Crippen MR) is 76.9 cm³/mol. The zero-order chi connectivity index (χ0) is 14.1. The monoisotopic (exact) mass is 288 g/mol. The minimum Gasteiger partial charge on any atom is -0.468 e. The van der Waals surface area contributed by atoms with Gasteiger partial charge in [0.2, 0.25) is 5.91 Å². The van der Waals surface area contributed by atoms with E-state index in [4.69, 9.17) is 5.73 Å². The van der Waals surface area contributed by atoms with E-state index in [9.17, 15) is 9.59 Å². The van der Waals surface area contributed by atoms with Crippen LogP contribution in [0.4, 0.5) is 0 Å². The molecule has 1 fully saturated rings. The lowest BCUT2D eigenvalue weighted by molar-refractivity contribution is -0.142. The van der Waals surface area contributed by atoms with Crippen molar-refractivity contribution in [1.29, 1.82) is 0 Å². The molecule has 0 aromatic heterocycles. The second kappa shape index (κ2) is 9.20. The standard InChI is InChI=1S/C13H24N2O3S/c1-18-13(17)11(14)7-8-19-9-12(16)15-10-5-3-2-4-6-10/h10-11H,2-9,14H2,1H3,(H,15,16). The highest BCUT2D eigenvalue weighted by atomic mass is 32.2. The molecule has 110 valence electrons. The van der Waals surface area contributed by atoms with Crippen LogP contribution in [0, 0.1) is 0 Å². The first-order valence-electron chi connectivity index (χ1n) is 6.84. The first kappa shape index (κ1) is 16.3. The van der Waals surface area contributed by atoms with E-state index >= 15 is 0 Å². The summed E-state index contributed by atoms with van der Waals surface area (Å²) in [6, 6.07) is -0.224. The molecule has 3 N–H and O–H groups in total. The molecule has 6 heteroatoms. The molecule has 0 heterocycles. The fourth-order valence-corrected chi connectivity index (χ4v) is 2.99. The van der Waals surface area contributed by atoms with Crippen molar-refractivity contribution >= 4 is 23.6 Å². The predicted octanol–water partition coefficient (Wildman–Crippen LogP) is 1.06. The van der Waals surface area contributed by atoms with Crippen LogP contribution >= 0.6 is 11.8 Å². The number of carbonyl (C=O) groups excluding carboxylic acids is 2. The Morgan fingerprint density at radius 2 is 2.05 bits per heavy atom. The van der Waals surface area contributed by atoms with Crippen LogP contribution < -0.4 is 11.1 Å². The van der Waals surface area contributed by atoms with Crippen molar-refractivity contribution in [3.8, 4) is 0 Å². The molecule has 1 atom stereocenters. The Kier molecular flexibility index (Phi) is 7.90. The maximum atomic E-state index is 11.7. The van der Waals surface area contributed by atoms with Gasteiger partial charge in [-0.05, 0) is 25.0 Å². The molecular formula is C13H24N2O3S. The van der Waals surface area contributed by atoms with E-state index in [-0.39, 0.29) is 5.91 Å². The van der Waals surface area contributed by atoms with Crippen LogP contribution in [-0.4, -0.2) is 42.6 Å². The zero-order valence-corrected chi connectivity index (χ0v) is 12.3. The Hall–Kier alpha value is -0.750. The number of ether oxygens (including phenoxy) is 1. The van der Waals surface area contributed by atoms with Gasteiger partial charge in [-0.15, -0.1) is 0 Å². The summed E-state index contributed by atoms with van der Waals surface area (Å²) in [5.41, 5.74) is 5.61. The van der Waals surface area contributed by atoms with E-state index in [0.717, 1.165) is 12.8 Å². The molecule has 1 unspecified atom stereocenters. The summed E-state index contributed by atoms with van der Waals surface area (Å²) in [7, 11) is 1.33. The van der Waals surface area contributed by atoms with Gasteiger partial charge in [0.05, 0.1) is 12.9 Å². The van der Waals surface area contributed by atoms with Gasteiger partial charge in [0.1, 0.15) is 6.04 Å². The molecule has 0 saturated heterocycles. The van der Waals surface area contributed by atoms with Crippen LogP contribution in [0.1, 0.15) is 38.5 Å². The van der Waals surface area contributed by atoms with Crippen LogP contribution in [0.25, 0.3) is 0 Å². The lowest BCUT2D eigenvalue weighted by Crippen LogP contribution is -2.37. The van der Waals surface area contributed by atoms with E-state index in [1.54, 1.807) is 0 Å². The molecule has 5 nitrogen and oxygen atoms in total. The number of nitrogens with one attached hydrogen (secondary N) is 1. The van der Waals surface area contributed by atoms with Gasteiger partial charge in [-0.3, -0.25) is 9.59 Å². The first-order chi connectivity index (χ1) is 9.13. The van der Waals surface area contributed by atoms with Crippen LogP contribution in [-0.2, 0) is 14.3 Å². The Balaban J connectivity index is 2.05. The molecule has 0 aliphatic heterocycles. The van der Waals surface area contributed by atoms with Gasteiger partial charge in [-0.2, -0.15) is 11.8 Å². The van der Waals surface area contributed by atoms with Crippen LogP contribution in [0.15, 0.2) is 0 Å². The number of methoxy groups -OCH3 is 1. The summed E-state index contributed by atoms with van der Waals surface area (Å²) < 4.78 is 4.54. The summed E-state index contributed by atoms with van der Waals surface area (Å²) >= 11 is 1.51. The maximum Gasteiger partial charge on any atom is 0.322 e. The van der Waals surface area contributed by atoms with Crippen molar-refractivity contribution in [2.45, 2.75) is 50.6 Å². The van der Waals surface area contributed by atoms with Crippen molar-refractivity contribution in [2.75, 3.05) is 18.6 Å². The molecule has 1 amide bonds. The summed E-state index contributed by atoms with van der Waals surface area (Å²) in [6.07, 6.45) is 6.45. The van der Waals surface area contributed by atoms with Crippen molar-refractivity contribution in [1.82, 2.24) is 5.32 Å². The molecule has 19 heavy (non-hydrogen) atoms. The third-order valence-corrected chi connectivity index (χ3v) is 4.27. The quantitative estimate of drug-likeness (QED) is 0.541. The molecule has 1 aliphatic carbocycles. The number of thioether (sulfide) groups is 1. The molecule has 1 rings (SSSR count). The van der Waals surface area contributed by atoms with Gasteiger partial charge in [-0.1, -0.05) is 19.3 Å². The molecular weight excluding hydrogens is 264 g/mol. The van der Waals surface area contributed by atoms with E-state index in [1.165, 1.54) is 38.1 Å². The van der Waals surface area contributed by atoms with Crippen molar-refractivity contribution in [3.05, 3.63) is 0 Å². The minimum atomic E-state index is -0.584. The normalized spacial score (nSPS) is 17.8. The average molecular weight is 288 g/mol. The fourth-order valence-electron chi connectivity index (χ4n) is 2.16. The van der Waals surface area contributed by atoms with Crippen LogP contribution in [0.5, 0.6) is 0 Å². The maximum absolute atomic E-state index is 11.7. The third kappa shape index (κ3) is 6.82. The van der Waals surface area contributed by atoms with Gasteiger partial charge in [0, 0.05) is 6.04 Å². The summed E-state index contributed by atoms with van der Waals surface area (Å²) in [5.74, 6) is 0.814. The van der Waals surface area contributed by atoms with E-state index in [0.29, 0.717) is 24.0 Å². The molecule has 1 aliphatic rings. The Morgan fingerprint density at radius 3 is 2.68 bits per heavy atom. The summed E-state index contributed by atoms with van der Waals surface area (Å²) in [6.45, 7) is 0. The highest BCUT2D eigenvalue weighted by molar-refractivity contribution is 7.99. The number of hydrogen-bond acceptors (Lipinski definition) is 5. The van der Waals surface area contributed by atoms with Gasteiger partial charge in [0.15, 0.2) is 0 Å². The topological polar surface area (TPSA) is 81.4 Å². The molecule has 0 aromatic rings. The number of amides is 1. The van der Waals surface area contributed by atoms with E-state index < -0.39 is 12.0 Å². The number of esters is 1. The smallest absolute Gasteiger partial charge is 0.322 e. The number of nitrogens with two attached hydrogens (primary N) is 1. The molecule has 1 saturated carbocycles. The van der Waals surface area contributed by atoms with E-state index in [2.05, 4.69) is 10.1 Å². The van der Waals surface area contributed by atoms with Crippen molar-refractivity contribution < 1.29 is 14.3 Å². The molecule has 0 aromatic carbocycles. The molecule has 0 bridgehead atoms. The van der Waals surface area contributed by atoms with Crippen molar-refractivity contribution in [2.24, 2.45) is 5.73 Å². The lowest BCUT2D eigenvalue weighted by atomic mass is 9.95. The Bertz CT molecular complexity index is 294. The molecule has 0 spiro atoms. The second-order valence-electron chi connectivity index (χ2n) is 4.87. The number of hydrogen-bond donors (Lipinski definition) is 2. The Morgan fingerprint density at radius 1 is 1.37 bits per heavy atom. The number of rotatable bonds is 7. The first-order valence-corrected chi connectivity index (χ1v) is 7.99. The highest BCUT2D eigenvalue weighted by Gasteiger charge is 2.16. The second-order valence-corrected chi connectivity index (χ2v) is 5.98. The lowest BCUT2D eigenvalue weighted by Gasteiger charge is -2.22. The van der Waals surface area contributed by atoms with E-state index in [1.807, 2.05) is 0 Å². The zero-order valence-electron chi connectivity index (χ0n) is 11.5. The van der Waals surface area contributed by atoms with Crippen LogP contribution in [0.2, 0.25) is 0 Å². The van der Waals surface area contributed by atoms with Gasteiger partial charge in [0.25, 0.3) is 0 Å². The number of carbonyl (C=O) groups is 2. The van der Waals surface area contributed by atoms with Crippen LogP contribution in [0.3, 0.4) is 0 Å². The summed E-state index contributed by atoms with van der Waals surface area (Å²) in [4.78, 5) is 22.8. The van der Waals surface area contributed by atoms with Gasteiger partial charge in [-0.25, -0.2) is 0 Å². The highest BCUT2D eigenvalue weighted by Crippen LogP contribution is 2.17. The third-order valence-electron chi connectivity index (χ3n) is 3.28. The Labute approximate surface area is 119 Å². The van der Waals surface area contributed by atoms with Gasteiger partial charge < -0.3 is 15.8 Å². The van der Waals surface area contributed by atoms with Gasteiger partial charge >= 0.3 is 5.97 Å². The minimum absolute atomic E-state index is 0.0866. The average Bonchev–Trinajstić information content (AvgIpc) is 2.43. The van der Waals surface area contributed by atoms with Crippen molar-refractivity contribution in [3.63, 3.8) is 0 Å².